The van der Waals surface area contributed by atoms with Crippen molar-refractivity contribution in [3.8, 4) is 11.5 Å². The molecule has 1 aliphatic carbocycles. The van der Waals surface area contributed by atoms with Gasteiger partial charge in [0.25, 0.3) is 5.69 Å². The highest BCUT2D eigenvalue weighted by Gasteiger charge is 2.40. The first kappa shape index (κ1) is 21.8. The molecule has 0 bridgehead atoms. The van der Waals surface area contributed by atoms with Crippen molar-refractivity contribution in [2.75, 3.05) is 6.61 Å². The van der Waals surface area contributed by atoms with E-state index in [4.69, 9.17) is 13.8 Å². The van der Waals surface area contributed by atoms with Gasteiger partial charge in [0.1, 0.15) is 17.5 Å². The maximum atomic E-state index is 13.4. The fraction of sp³-hybridized carbons (Fsp3) is 0.350. The summed E-state index contributed by atoms with van der Waals surface area (Å²) in [7, 11) is -4.08. The summed E-state index contributed by atoms with van der Waals surface area (Å²) in [6.07, 6.45) is 2.00. The predicted molar refractivity (Wildman–Crippen MR) is 109 cm³/mol. The zero-order chi connectivity index (χ0) is 21.8. The van der Waals surface area contributed by atoms with Crippen LogP contribution >= 0.6 is 7.75 Å². The number of para-hydroxylation sites is 1. The van der Waals surface area contributed by atoms with Crippen LogP contribution in [0.15, 0.2) is 54.6 Å². The Kier molecular flexibility index (Phi) is 6.43. The lowest BCUT2D eigenvalue weighted by Crippen LogP contribution is -2.36. The number of carbonyl (C=O) groups is 1. The summed E-state index contributed by atoms with van der Waals surface area (Å²) in [5.41, 5.74) is -0.117. The van der Waals surface area contributed by atoms with E-state index in [0.717, 1.165) is 12.8 Å². The van der Waals surface area contributed by atoms with Gasteiger partial charge in [0.2, 0.25) is 0 Å². The van der Waals surface area contributed by atoms with Gasteiger partial charge in [-0.25, -0.2) is 4.57 Å². The second kappa shape index (κ2) is 8.85. The van der Waals surface area contributed by atoms with E-state index < -0.39 is 24.7 Å². The second-order valence-electron chi connectivity index (χ2n) is 7.51. The van der Waals surface area contributed by atoms with Crippen LogP contribution < -0.4 is 14.1 Å². The minimum atomic E-state index is -4.08. The van der Waals surface area contributed by atoms with E-state index in [0.29, 0.717) is 6.61 Å². The molecule has 0 radical (unpaired) electrons. The van der Waals surface area contributed by atoms with Crippen molar-refractivity contribution in [1.29, 1.82) is 0 Å². The van der Waals surface area contributed by atoms with Crippen LogP contribution in [0.4, 0.5) is 5.69 Å². The normalized spacial score (nSPS) is 17.3. The lowest BCUT2D eigenvalue weighted by Gasteiger charge is -2.23. The Labute approximate surface area is 174 Å². The first-order valence-corrected chi connectivity index (χ1v) is 11.0. The molecule has 0 heterocycles. The number of esters is 1. The van der Waals surface area contributed by atoms with E-state index in [2.05, 4.69) is 5.09 Å². The number of nitrogens with zero attached hydrogens (tertiary/aromatic N) is 1. The molecule has 1 saturated carbocycles. The number of hydrogen-bond acceptors (Lipinski definition) is 7. The molecule has 1 N–H and O–H groups in total. The lowest BCUT2D eigenvalue weighted by molar-refractivity contribution is -0.384. The highest BCUT2D eigenvalue weighted by atomic mass is 31.2. The fourth-order valence-corrected chi connectivity index (χ4v) is 4.00. The molecule has 1 unspecified atom stereocenters. The molecule has 3 rings (SSSR count). The van der Waals surface area contributed by atoms with Gasteiger partial charge in [-0.15, -0.1) is 0 Å². The summed E-state index contributed by atoms with van der Waals surface area (Å²) >= 11 is 0. The number of nitrogens with one attached hydrogen (secondary N) is 1. The van der Waals surface area contributed by atoms with Crippen molar-refractivity contribution in [3.63, 3.8) is 0 Å². The van der Waals surface area contributed by atoms with E-state index in [1.165, 1.54) is 31.2 Å². The van der Waals surface area contributed by atoms with Crippen molar-refractivity contribution in [1.82, 2.24) is 5.09 Å². The zero-order valence-corrected chi connectivity index (χ0v) is 17.5. The number of rotatable bonds is 10. The SMILES string of the molecule is C[C@H](NP(=O)(Oc1ccccc1)Oc1ccc([N+](=O)[O-])cc1)C(=O)OCC1(C)CC1. The molecule has 0 saturated heterocycles. The first-order chi connectivity index (χ1) is 14.2. The van der Waals surface area contributed by atoms with Crippen molar-refractivity contribution >= 4 is 19.4 Å². The first-order valence-electron chi connectivity index (χ1n) is 9.41. The van der Waals surface area contributed by atoms with Crippen LogP contribution in [-0.2, 0) is 14.1 Å². The van der Waals surface area contributed by atoms with Crippen LogP contribution in [0.3, 0.4) is 0 Å². The number of hydrogen-bond donors (Lipinski definition) is 1. The van der Waals surface area contributed by atoms with Crippen LogP contribution in [0.5, 0.6) is 11.5 Å². The van der Waals surface area contributed by atoms with E-state index in [1.807, 2.05) is 6.92 Å². The number of non-ortho nitro benzene ring substituents is 1. The topological polar surface area (TPSA) is 117 Å². The minimum absolute atomic E-state index is 0.0227. The average molecular weight is 434 g/mol. The minimum Gasteiger partial charge on any atom is -0.464 e. The maximum Gasteiger partial charge on any atom is 0.513 e. The van der Waals surface area contributed by atoms with Crippen LogP contribution in [0.2, 0.25) is 0 Å². The van der Waals surface area contributed by atoms with Crippen molar-refractivity contribution in [3.05, 3.63) is 64.7 Å². The summed E-state index contributed by atoms with van der Waals surface area (Å²) in [6.45, 7) is 3.82. The van der Waals surface area contributed by atoms with Crippen LogP contribution in [-0.4, -0.2) is 23.5 Å². The molecule has 10 heteroatoms. The Morgan fingerprint density at radius 1 is 1.13 bits per heavy atom. The van der Waals surface area contributed by atoms with Crippen LogP contribution in [0.1, 0.15) is 26.7 Å². The molecule has 0 amide bonds. The van der Waals surface area contributed by atoms with Gasteiger partial charge in [0.05, 0.1) is 11.5 Å². The third-order valence-electron chi connectivity index (χ3n) is 4.61. The van der Waals surface area contributed by atoms with Gasteiger partial charge in [-0.05, 0) is 44.0 Å². The van der Waals surface area contributed by atoms with Crippen LogP contribution in [0.25, 0.3) is 0 Å². The Hall–Kier alpha value is -2.90. The monoisotopic (exact) mass is 434 g/mol. The molecule has 9 nitrogen and oxygen atoms in total. The summed E-state index contributed by atoms with van der Waals surface area (Å²) in [4.78, 5) is 22.6. The number of carbonyl (C=O) groups excluding carboxylic acids is 1. The second-order valence-corrected chi connectivity index (χ2v) is 9.13. The molecule has 2 aromatic rings. The molecular weight excluding hydrogens is 411 g/mol. The molecule has 2 aromatic carbocycles. The molecule has 30 heavy (non-hydrogen) atoms. The Morgan fingerprint density at radius 2 is 1.70 bits per heavy atom. The van der Waals surface area contributed by atoms with Crippen molar-refractivity contribution < 1.29 is 28.1 Å². The van der Waals surface area contributed by atoms with Crippen molar-refractivity contribution in [2.45, 2.75) is 32.7 Å². The average Bonchev–Trinajstić information content (AvgIpc) is 3.44. The van der Waals surface area contributed by atoms with E-state index in [1.54, 1.807) is 30.3 Å². The molecule has 0 aliphatic heterocycles. The Morgan fingerprint density at radius 3 is 2.23 bits per heavy atom. The molecule has 0 spiro atoms. The van der Waals surface area contributed by atoms with Gasteiger partial charge in [0.15, 0.2) is 0 Å². The third-order valence-corrected chi connectivity index (χ3v) is 6.22. The highest BCUT2D eigenvalue weighted by molar-refractivity contribution is 7.52. The van der Waals surface area contributed by atoms with Crippen LogP contribution in [0, 0.1) is 15.5 Å². The molecule has 1 aliphatic rings. The molecule has 160 valence electrons. The van der Waals surface area contributed by atoms with Gasteiger partial charge >= 0.3 is 13.7 Å². The quantitative estimate of drug-likeness (QED) is 0.252. The summed E-state index contributed by atoms with van der Waals surface area (Å²) < 4.78 is 29.8. The number of nitro benzene ring substituents is 1. The van der Waals surface area contributed by atoms with Gasteiger partial charge in [-0.3, -0.25) is 14.9 Å². The van der Waals surface area contributed by atoms with Gasteiger partial charge in [-0.2, -0.15) is 5.09 Å². The fourth-order valence-electron chi connectivity index (χ4n) is 2.48. The van der Waals surface area contributed by atoms with Gasteiger partial charge < -0.3 is 13.8 Å². The summed E-state index contributed by atoms with van der Waals surface area (Å²) in [6, 6.07) is 12.4. The molecule has 1 fully saturated rings. The van der Waals surface area contributed by atoms with E-state index in [-0.39, 0.29) is 22.6 Å². The molecule has 2 atom stereocenters. The lowest BCUT2D eigenvalue weighted by atomic mass is 10.2. The largest absolute Gasteiger partial charge is 0.513 e. The van der Waals surface area contributed by atoms with Gasteiger partial charge in [0, 0.05) is 17.5 Å². The van der Waals surface area contributed by atoms with Gasteiger partial charge in [-0.1, -0.05) is 25.1 Å². The number of benzene rings is 2. The molecule has 0 aromatic heterocycles. The Balaban J connectivity index is 1.73. The van der Waals surface area contributed by atoms with E-state index >= 15 is 0 Å². The standard InChI is InChI=1S/C20H23N2O7P/c1-15(19(23)27-14-20(2)12-13-20)21-30(26,28-17-6-4-3-5-7-17)29-18-10-8-16(9-11-18)22(24)25/h3-11,15H,12-14H2,1-2H3,(H,21,26)/t15-,30?/m0/s1. The predicted octanol–water partition coefficient (Wildman–Crippen LogP) is 4.48. The highest BCUT2D eigenvalue weighted by Crippen LogP contribution is 2.46. The maximum absolute atomic E-state index is 13.4. The van der Waals surface area contributed by atoms with Crippen molar-refractivity contribution in [2.24, 2.45) is 5.41 Å². The number of ether oxygens (including phenoxy) is 1. The number of nitro groups is 1. The summed E-state index contributed by atoms with van der Waals surface area (Å²) in [5, 5.41) is 13.4. The third kappa shape index (κ3) is 6.05. The van der Waals surface area contributed by atoms with E-state index in [9.17, 15) is 19.5 Å². The zero-order valence-electron chi connectivity index (χ0n) is 16.6. The smallest absolute Gasteiger partial charge is 0.464 e. The summed E-state index contributed by atoms with van der Waals surface area (Å²) in [5.74, 6) is -0.230. The molecular formula is C20H23N2O7P. The Bertz CT molecular complexity index is 945.